The number of amides is 2. The number of hydrogen-bond donors (Lipinski definition) is 3. The van der Waals surface area contributed by atoms with Crippen molar-refractivity contribution in [2.75, 3.05) is 5.32 Å². The molecular weight excluding hydrogens is 292 g/mol. The van der Waals surface area contributed by atoms with Gasteiger partial charge in [-0.05, 0) is 31.4 Å². The minimum atomic E-state index is -0.462. The molecule has 0 radical (unpaired) electrons. The SMILES string of the molecule is Cc1ccccc1-n1nccc1NC(=O)N[C@@H]1CCCC[C@H]1O. The van der Waals surface area contributed by atoms with Crippen LogP contribution in [-0.4, -0.2) is 33.1 Å². The van der Waals surface area contributed by atoms with Crippen molar-refractivity contribution in [1.82, 2.24) is 15.1 Å². The van der Waals surface area contributed by atoms with Crippen molar-refractivity contribution in [3.63, 3.8) is 0 Å². The molecular formula is C17H22N4O2. The molecule has 2 aromatic rings. The molecule has 0 saturated heterocycles. The molecule has 1 fully saturated rings. The van der Waals surface area contributed by atoms with Crippen LogP contribution in [0.15, 0.2) is 36.5 Å². The molecule has 1 aliphatic carbocycles. The third kappa shape index (κ3) is 3.53. The van der Waals surface area contributed by atoms with Gasteiger partial charge in [0.25, 0.3) is 0 Å². The van der Waals surface area contributed by atoms with Gasteiger partial charge in [0.15, 0.2) is 0 Å². The lowest BCUT2D eigenvalue weighted by molar-refractivity contribution is 0.0955. The summed E-state index contributed by atoms with van der Waals surface area (Å²) in [5, 5.41) is 19.9. The number of urea groups is 1. The lowest BCUT2D eigenvalue weighted by Crippen LogP contribution is -2.46. The molecule has 122 valence electrons. The van der Waals surface area contributed by atoms with Gasteiger partial charge in [0, 0.05) is 6.07 Å². The number of nitrogens with zero attached hydrogens (tertiary/aromatic N) is 2. The van der Waals surface area contributed by atoms with E-state index >= 15 is 0 Å². The summed E-state index contributed by atoms with van der Waals surface area (Å²) in [6, 6.07) is 9.11. The van der Waals surface area contributed by atoms with Crippen molar-refractivity contribution >= 4 is 11.8 Å². The number of benzene rings is 1. The van der Waals surface area contributed by atoms with Crippen LogP contribution in [0.3, 0.4) is 0 Å². The van der Waals surface area contributed by atoms with Gasteiger partial charge in [-0.15, -0.1) is 0 Å². The maximum atomic E-state index is 12.2. The summed E-state index contributed by atoms with van der Waals surface area (Å²) < 4.78 is 1.70. The summed E-state index contributed by atoms with van der Waals surface area (Å²) in [4.78, 5) is 12.2. The third-order valence-electron chi connectivity index (χ3n) is 4.27. The number of nitrogens with one attached hydrogen (secondary N) is 2. The van der Waals surface area contributed by atoms with E-state index in [0.29, 0.717) is 5.82 Å². The van der Waals surface area contributed by atoms with Crippen LogP contribution in [0.25, 0.3) is 5.69 Å². The van der Waals surface area contributed by atoms with E-state index in [-0.39, 0.29) is 12.1 Å². The van der Waals surface area contributed by atoms with Crippen molar-refractivity contribution in [2.45, 2.75) is 44.8 Å². The molecule has 23 heavy (non-hydrogen) atoms. The Morgan fingerprint density at radius 2 is 2.04 bits per heavy atom. The van der Waals surface area contributed by atoms with Crippen molar-refractivity contribution in [1.29, 1.82) is 0 Å². The van der Waals surface area contributed by atoms with Crippen LogP contribution in [0, 0.1) is 6.92 Å². The smallest absolute Gasteiger partial charge is 0.320 e. The van der Waals surface area contributed by atoms with E-state index in [2.05, 4.69) is 15.7 Å². The summed E-state index contributed by atoms with van der Waals surface area (Å²) in [7, 11) is 0. The fourth-order valence-corrected chi connectivity index (χ4v) is 2.99. The fraction of sp³-hybridized carbons (Fsp3) is 0.412. The second-order valence-electron chi connectivity index (χ2n) is 5.97. The first-order chi connectivity index (χ1) is 11.1. The van der Waals surface area contributed by atoms with Gasteiger partial charge < -0.3 is 10.4 Å². The number of hydrogen-bond acceptors (Lipinski definition) is 3. The van der Waals surface area contributed by atoms with Gasteiger partial charge in [0.05, 0.1) is 24.0 Å². The average molecular weight is 314 g/mol. The highest BCUT2D eigenvalue weighted by Gasteiger charge is 2.24. The lowest BCUT2D eigenvalue weighted by atomic mass is 9.93. The molecule has 3 rings (SSSR count). The standard InChI is InChI=1S/C17H22N4O2/c1-12-6-2-4-8-14(12)21-16(10-11-18-21)20-17(23)19-13-7-3-5-9-15(13)22/h2,4,6,8,10-11,13,15,22H,3,5,7,9H2,1H3,(H2,19,20,23)/t13-,15-/m1/s1. The molecule has 6 nitrogen and oxygen atoms in total. The highest BCUT2D eigenvalue weighted by atomic mass is 16.3. The van der Waals surface area contributed by atoms with Gasteiger partial charge in [-0.1, -0.05) is 31.0 Å². The van der Waals surface area contributed by atoms with Crippen LogP contribution in [0.4, 0.5) is 10.6 Å². The van der Waals surface area contributed by atoms with Crippen LogP contribution >= 0.6 is 0 Å². The predicted molar refractivity (Wildman–Crippen MR) is 88.7 cm³/mol. The summed E-state index contributed by atoms with van der Waals surface area (Å²) >= 11 is 0. The first-order valence-corrected chi connectivity index (χ1v) is 8.01. The minimum absolute atomic E-state index is 0.182. The zero-order chi connectivity index (χ0) is 16.2. The third-order valence-corrected chi connectivity index (χ3v) is 4.27. The van der Waals surface area contributed by atoms with Gasteiger partial charge in [-0.3, -0.25) is 5.32 Å². The van der Waals surface area contributed by atoms with Crippen LogP contribution in [0.2, 0.25) is 0 Å². The normalized spacial score (nSPS) is 21.0. The molecule has 0 bridgehead atoms. The highest BCUT2D eigenvalue weighted by molar-refractivity contribution is 5.88. The first kappa shape index (κ1) is 15.6. The van der Waals surface area contributed by atoms with E-state index in [1.807, 2.05) is 31.2 Å². The Balaban J connectivity index is 1.70. The van der Waals surface area contributed by atoms with E-state index in [9.17, 15) is 9.90 Å². The number of aromatic nitrogens is 2. The van der Waals surface area contributed by atoms with E-state index in [1.165, 1.54) is 0 Å². The monoisotopic (exact) mass is 314 g/mol. The predicted octanol–water partition coefficient (Wildman–Crippen LogP) is 2.61. The fourth-order valence-electron chi connectivity index (χ4n) is 2.99. The number of carbonyl (C=O) groups excluding carboxylic acids is 1. The van der Waals surface area contributed by atoms with E-state index in [4.69, 9.17) is 0 Å². The molecule has 3 N–H and O–H groups in total. The van der Waals surface area contributed by atoms with Gasteiger partial charge >= 0.3 is 6.03 Å². The molecule has 1 saturated carbocycles. The first-order valence-electron chi connectivity index (χ1n) is 8.01. The van der Waals surface area contributed by atoms with Crippen LogP contribution in [0.1, 0.15) is 31.2 Å². The van der Waals surface area contributed by atoms with Gasteiger partial charge in [-0.2, -0.15) is 5.10 Å². The van der Waals surface area contributed by atoms with Gasteiger partial charge in [0.1, 0.15) is 5.82 Å². The number of aryl methyl sites for hydroxylation is 1. The highest BCUT2D eigenvalue weighted by Crippen LogP contribution is 2.20. The maximum Gasteiger partial charge on any atom is 0.320 e. The number of rotatable bonds is 3. The van der Waals surface area contributed by atoms with E-state index < -0.39 is 6.10 Å². The average Bonchev–Trinajstić information content (AvgIpc) is 2.98. The Kier molecular flexibility index (Phi) is 4.62. The molecule has 6 heteroatoms. The van der Waals surface area contributed by atoms with Crippen molar-refractivity contribution in [3.05, 3.63) is 42.1 Å². The zero-order valence-corrected chi connectivity index (χ0v) is 13.2. The van der Waals surface area contributed by atoms with Gasteiger partial charge in [-0.25, -0.2) is 9.48 Å². The molecule has 1 aromatic heterocycles. The number of aliphatic hydroxyl groups is 1. The second-order valence-corrected chi connectivity index (χ2v) is 5.97. The van der Waals surface area contributed by atoms with Crippen molar-refractivity contribution < 1.29 is 9.90 Å². The summed E-state index contributed by atoms with van der Waals surface area (Å²) in [6.45, 7) is 2.00. The number of anilines is 1. The molecule has 1 heterocycles. The molecule has 1 aromatic carbocycles. The quantitative estimate of drug-likeness (QED) is 0.815. The molecule has 0 unspecified atom stereocenters. The zero-order valence-electron chi connectivity index (χ0n) is 13.2. The minimum Gasteiger partial charge on any atom is -0.391 e. The number of carbonyl (C=O) groups is 1. The largest absolute Gasteiger partial charge is 0.391 e. The van der Waals surface area contributed by atoms with E-state index in [0.717, 1.165) is 36.9 Å². The maximum absolute atomic E-state index is 12.2. The van der Waals surface area contributed by atoms with Crippen molar-refractivity contribution in [2.24, 2.45) is 0 Å². The lowest BCUT2D eigenvalue weighted by Gasteiger charge is -2.28. The molecule has 0 aliphatic heterocycles. The topological polar surface area (TPSA) is 79.2 Å². The Morgan fingerprint density at radius 3 is 2.83 bits per heavy atom. The molecule has 1 aliphatic rings. The number of aliphatic hydroxyl groups excluding tert-OH is 1. The van der Waals surface area contributed by atoms with Gasteiger partial charge in [0.2, 0.25) is 0 Å². The van der Waals surface area contributed by atoms with E-state index in [1.54, 1.807) is 16.9 Å². The van der Waals surface area contributed by atoms with Crippen LogP contribution < -0.4 is 10.6 Å². The summed E-state index contributed by atoms with van der Waals surface area (Å²) in [6.07, 6.45) is 4.79. The number of para-hydroxylation sites is 1. The second kappa shape index (κ2) is 6.83. The summed E-state index contributed by atoms with van der Waals surface area (Å²) in [5.41, 5.74) is 1.99. The van der Waals surface area contributed by atoms with Crippen molar-refractivity contribution in [3.8, 4) is 5.69 Å². The Hall–Kier alpha value is -2.34. The Labute approximate surface area is 135 Å². The van der Waals surface area contributed by atoms with Crippen LogP contribution in [0.5, 0.6) is 0 Å². The Bertz CT molecular complexity index is 683. The Morgan fingerprint density at radius 1 is 1.26 bits per heavy atom. The summed E-state index contributed by atoms with van der Waals surface area (Å²) in [5.74, 6) is 0.599. The van der Waals surface area contributed by atoms with Crippen LogP contribution in [-0.2, 0) is 0 Å². The molecule has 2 atom stereocenters. The molecule has 0 spiro atoms. The molecule has 2 amide bonds.